The van der Waals surface area contributed by atoms with Crippen LogP contribution in [0.4, 0.5) is 0 Å². The number of hydrogen-bond acceptors (Lipinski definition) is 2. The highest BCUT2D eigenvalue weighted by Gasteiger charge is 2.32. The van der Waals surface area contributed by atoms with Gasteiger partial charge in [0.05, 0.1) is 0 Å². The van der Waals surface area contributed by atoms with Crippen LogP contribution in [0.1, 0.15) is 59.8 Å². The van der Waals surface area contributed by atoms with Gasteiger partial charge in [-0.05, 0) is 75.4 Å². The topological polar surface area (TPSA) is 15.3 Å². The van der Waals surface area contributed by atoms with Crippen molar-refractivity contribution in [3.8, 4) is 0 Å². The molecular formula is C18H36N2. The van der Waals surface area contributed by atoms with E-state index in [1.807, 2.05) is 0 Å². The summed E-state index contributed by atoms with van der Waals surface area (Å²) in [7, 11) is 0. The summed E-state index contributed by atoms with van der Waals surface area (Å²) in [6, 6.07) is 0.773. The average molecular weight is 280 g/mol. The zero-order chi connectivity index (χ0) is 14.5. The summed E-state index contributed by atoms with van der Waals surface area (Å²) in [4.78, 5) is 2.75. The van der Waals surface area contributed by atoms with Crippen LogP contribution in [0, 0.1) is 23.7 Å². The monoisotopic (exact) mass is 280 g/mol. The lowest BCUT2D eigenvalue weighted by Crippen LogP contribution is -2.47. The van der Waals surface area contributed by atoms with Gasteiger partial charge in [-0.2, -0.15) is 0 Å². The summed E-state index contributed by atoms with van der Waals surface area (Å²) in [6.07, 6.45) is 7.09. The van der Waals surface area contributed by atoms with Gasteiger partial charge in [0.2, 0.25) is 0 Å². The molecule has 20 heavy (non-hydrogen) atoms. The fraction of sp³-hybridized carbons (Fsp3) is 1.00. The third-order valence-corrected chi connectivity index (χ3v) is 5.80. The number of rotatable bonds is 5. The Kier molecular flexibility index (Phi) is 6.35. The molecule has 3 unspecified atom stereocenters. The lowest BCUT2D eigenvalue weighted by molar-refractivity contribution is 0.102. The molecule has 0 amide bonds. The van der Waals surface area contributed by atoms with Gasteiger partial charge in [-0.15, -0.1) is 0 Å². The standard InChI is InChI=1S/C18H36N2/c1-5-19-18-7-6-16(14(2)3)12-17(18)13-20-10-8-15(4)9-11-20/h14-19H,5-13H2,1-4H3. The summed E-state index contributed by atoms with van der Waals surface area (Å²) in [6.45, 7) is 14.6. The number of piperidine rings is 1. The van der Waals surface area contributed by atoms with Crippen molar-refractivity contribution in [2.24, 2.45) is 23.7 Å². The van der Waals surface area contributed by atoms with Gasteiger partial charge < -0.3 is 10.2 Å². The van der Waals surface area contributed by atoms with Gasteiger partial charge in [-0.1, -0.05) is 27.7 Å². The highest BCUT2D eigenvalue weighted by Crippen LogP contribution is 2.35. The Bertz CT molecular complexity index is 269. The molecule has 0 spiro atoms. The van der Waals surface area contributed by atoms with Gasteiger partial charge in [0.1, 0.15) is 0 Å². The summed E-state index contributed by atoms with van der Waals surface area (Å²) in [5, 5.41) is 3.77. The largest absolute Gasteiger partial charge is 0.314 e. The van der Waals surface area contributed by atoms with Gasteiger partial charge in [-0.25, -0.2) is 0 Å². The predicted molar refractivity (Wildman–Crippen MR) is 88.0 cm³/mol. The first kappa shape index (κ1) is 16.3. The zero-order valence-electron chi connectivity index (χ0n) is 14.2. The average Bonchev–Trinajstić information content (AvgIpc) is 2.43. The Hall–Kier alpha value is -0.0800. The maximum Gasteiger partial charge on any atom is 0.0108 e. The molecule has 0 aromatic rings. The van der Waals surface area contributed by atoms with E-state index < -0.39 is 0 Å². The van der Waals surface area contributed by atoms with Crippen molar-refractivity contribution >= 4 is 0 Å². The van der Waals surface area contributed by atoms with E-state index >= 15 is 0 Å². The molecule has 118 valence electrons. The smallest absolute Gasteiger partial charge is 0.0108 e. The Balaban J connectivity index is 1.89. The quantitative estimate of drug-likeness (QED) is 0.824. The van der Waals surface area contributed by atoms with Crippen molar-refractivity contribution in [1.29, 1.82) is 0 Å². The molecule has 2 fully saturated rings. The molecule has 2 aliphatic rings. The summed E-state index contributed by atoms with van der Waals surface area (Å²) >= 11 is 0. The van der Waals surface area contributed by atoms with Crippen molar-refractivity contribution in [1.82, 2.24) is 10.2 Å². The van der Waals surface area contributed by atoms with Crippen LogP contribution < -0.4 is 5.32 Å². The zero-order valence-corrected chi connectivity index (χ0v) is 14.2. The van der Waals surface area contributed by atoms with Crippen molar-refractivity contribution in [3.05, 3.63) is 0 Å². The van der Waals surface area contributed by atoms with Crippen LogP contribution >= 0.6 is 0 Å². The SMILES string of the molecule is CCNC1CCC(C(C)C)CC1CN1CCC(C)CC1. The summed E-state index contributed by atoms with van der Waals surface area (Å²) in [5.74, 6) is 3.65. The van der Waals surface area contributed by atoms with Crippen molar-refractivity contribution in [2.75, 3.05) is 26.2 Å². The van der Waals surface area contributed by atoms with Crippen LogP contribution in [0.15, 0.2) is 0 Å². The molecule has 1 aliphatic carbocycles. The predicted octanol–water partition coefficient (Wildman–Crippen LogP) is 3.77. The van der Waals surface area contributed by atoms with E-state index in [-0.39, 0.29) is 0 Å². The Morgan fingerprint density at radius 2 is 1.80 bits per heavy atom. The normalized spacial score (nSPS) is 33.8. The van der Waals surface area contributed by atoms with E-state index in [0.29, 0.717) is 0 Å². The van der Waals surface area contributed by atoms with Gasteiger partial charge >= 0.3 is 0 Å². The Labute approximate surface area is 126 Å². The molecule has 1 saturated heterocycles. The van der Waals surface area contributed by atoms with E-state index in [1.165, 1.54) is 51.7 Å². The van der Waals surface area contributed by atoms with Crippen LogP contribution in [-0.4, -0.2) is 37.1 Å². The number of likely N-dealkylation sites (tertiary alicyclic amines) is 1. The molecule has 1 saturated carbocycles. The molecule has 2 nitrogen and oxygen atoms in total. The molecule has 1 heterocycles. The molecule has 1 aliphatic heterocycles. The molecule has 0 aromatic heterocycles. The minimum atomic E-state index is 0.773. The van der Waals surface area contributed by atoms with Crippen LogP contribution in [0.5, 0.6) is 0 Å². The van der Waals surface area contributed by atoms with Gasteiger partial charge in [0, 0.05) is 12.6 Å². The Morgan fingerprint density at radius 1 is 1.10 bits per heavy atom. The minimum Gasteiger partial charge on any atom is -0.314 e. The second-order valence-corrected chi connectivity index (χ2v) is 7.72. The van der Waals surface area contributed by atoms with Crippen LogP contribution in [0.2, 0.25) is 0 Å². The molecule has 0 aromatic carbocycles. The molecule has 0 radical (unpaired) electrons. The van der Waals surface area contributed by atoms with E-state index in [4.69, 9.17) is 0 Å². The Morgan fingerprint density at radius 3 is 2.40 bits per heavy atom. The van der Waals surface area contributed by atoms with E-state index in [1.54, 1.807) is 0 Å². The van der Waals surface area contributed by atoms with Crippen LogP contribution in [0.25, 0.3) is 0 Å². The van der Waals surface area contributed by atoms with E-state index in [9.17, 15) is 0 Å². The van der Waals surface area contributed by atoms with Crippen molar-refractivity contribution in [3.63, 3.8) is 0 Å². The van der Waals surface area contributed by atoms with Gasteiger partial charge in [0.25, 0.3) is 0 Å². The number of nitrogens with one attached hydrogen (secondary N) is 1. The second-order valence-electron chi connectivity index (χ2n) is 7.72. The van der Waals surface area contributed by atoms with Crippen LogP contribution in [0.3, 0.4) is 0 Å². The molecule has 2 heteroatoms. The van der Waals surface area contributed by atoms with Crippen molar-refractivity contribution in [2.45, 2.75) is 65.8 Å². The maximum atomic E-state index is 3.77. The van der Waals surface area contributed by atoms with Gasteiger partial charge in [-0.3, -0.25) is 0 Å². The summed E-state index contributed by atoms with van der Waals surface area (Å²) in [5.41, 5.74) is 0. The lowest BCUT2D eigenvalue weighted by Gasteiger charge is -2.42. The lowest BCUT2D eigenvalue weighted by atomic mass is 9.73. The third kappa shape index (κ3) is 4.46. The first-order valence-corrected chi connectivity index (χ1v) is 9.05. The molecular weight excluding hydrogens is 244 g/mol. The molecule has 3 atom stereocenters. The minimum absolute atomic E-state index is 0.773. The highest BCUT2D eigenvalue weighted by molar-refractivity contribution is 4.88. The molecule has 2 rings (SSSR count). The first-order valence-electron chi connectivity index (χ1n) is 9.05. The van der Waals surface area contributed by atoms with E-state index in [0.717, 1.165) is 36.3 Å². The number of nitrogens with zero attached hydrogens (tertiary/aromatic N) is 1. The van der Waals surface area contributed by atoms with E-state index in [2.05, 4.69) is 37.9 Å². The molecule has 0 bridgehead atoms. The molecule has 1 N–H and O–H groups in total. The van der Waals surface area contributed by atoms with Crippen molar-refractivity contribution < 1.29 is 0 Å². The fourth-order valence-electron chi connectivity index (χ4n) is 4.21. The second kappa shape index (κ2) is 7.79. The van der Waals surface area contributed by atoms with Crippen LogP contribution in [-0.2, 0) is 0 Å². The fourth-order valence-corrected chi connectivity index (χ4v) is 4.21. The maximum absolute atomic E-state index is 3.77. The number of hydrogen-bond donors (Lipinski definition) is 1. The van der Waals surface area contributed by atoms with Gasteiger partial charge in [0.15, 0.2) is 0 Å². The summed E-state index contributed by atoms with van der Waals surface area (Å²) < 4.78 is 0. The first-order chi connectivity index (χ1) is 9.60. The third-order valence-electron chi connectivity index (χ3n) is 5.80. The highest BCUT2D eigenvalue weighted by atomic mass is 15.1.